The predicted octanol–water partition coefficient (Wildman–Crippen LogP) is 7.15. The number of aromatic nitrogens is 8. The van der Waals surface area contributed by atoms with Gasteiger partial charge in [-0.15, -0.1) is 22.7 Å². The molecule has 0 aliphatic carbocycles. The molecule has 4 unspecified atom stereocenters. The number of rotatable bonds is 5. The first-order valence-corrected chi connectivity index (χ1v) is 19.0. The van der Waals surface area contributed by atoms with Crippen LogP contribution in [0.15, 0.2) is 61.3 Å². The number of thiophene rings is 2. The number of halogens is 1. The largest absolute Gasteiger partial charge is 0.312 e. The van der Waals surface area contributed by atoms with Gasteiger partial charge in [0.2, 0.25) is 0 Å². The normalized spacial score (nSPS) is 21.8. The van der Waals surface area contributed by atoms with Crippen molar-refractivity contribution < 1.29 is 4.39 Å². The van der Waals surface area contributed by atoms with Gasteiger partial charge in [-0.3, -0.25) is 4.68 Å². The summed E-state index contributed by atoms with van der Waals surface area (Å²) in [6.45, 7) is 6.17. The Kier molecular flexibility index (Phi) is 7.03. The van der Waals surface area contributed by atoms with Crippen LogP contribution in [0.25, 0.3) is 48.4 Å². The average molecular weight is 705 g/mol. The Morgan fingerprint density at radius 2 is 1.52 bits per heavy atom. The molecule has 0 saturated carbocycles. The Morgan fingerprint density at radius 3 is 2.28 bits per heavy atom. The van der Waals surface area contributed by atoms with E-state index >= 15 is 0 Å². The second-order valence-corrected chi connectivity index (χ2v) is 16.4. The molecule has 2 aliphatic heterocycles. The minimum atomic E-state index is -0.280. The molecule has 0 radical (unpaired) electrons. The second-order valence-electron chi connectivity index (χ2n) is 14.2. The van der Waals surface area contributed by atoms with Crippen LogP contribution in [0.4, 0.5) is 4.39 Å². The maximum absolute atomic E-state index is 14.8. The zero-order valence-corrected chi connectivity index (χ0v) is 29.7. The van der Waals surface area contributed by atoms with E-state index in [0.29, 0.717) is 40.5 Å². The maximum atomic E-state index is 14.8. The number of aryl methyl sites for hydroxylation is 3. The Morgan fingerprint density at radius 1 is 0.760 bits per heavy atom. The van der Waals surface area contributed by atoms with Crippen LogP contribution >= 0.6 is 22.7 Å². The quantitative estimate of drug-likeness (QED) is 0.198. The fraction of sp³-hybridized carbons (Fsp3) is 0.351. The maximum Gasteiger partial charge on any atom is 0.146 e. The molecule has 2 N–H and O–H groups in total. The van der Waals surface area contributed by atoms with Crippen LogP contribution in [0.5, 0.6) is 0 Å². The number of fused-ring (bicyclic) bond motifs is 4. The molecule has 4 atom stereocenters. The first kappa shape index (κ1) is 30.4. The first-order chi connectivity index (χ1) is 24.3. The average Bonchev–Trinajstić information content (AvgIpc) is 3.94. The Bertz CT molecular complexity index is 2320. The second kappa shape index (κ2) is 11.6. The highest BCUT2D eigenvalue weighted by Crippen LogP contribution is 2.40. The third-order valence-corrected chi connectivity index (χ3v) is 13.1. The van der Waals surface area contributed by atoms with Crippen LogP contribution in [-0.4, -0.2) is 63.9 Å². The van der Waals surface area contributed by atoms with Crippen molar-refractivity contribution in [3.05, 3.63) is 88.1 Å². The summed E-state index contributed by atoms with van der Waals surface area (Å²) in [6, 6.07) is 11.1. The number of hydrogen-bond acceptors (Lipinski definition) is 8. The van der Waals surface area contributed by atoms with Gasteiger partial charge in [0.1, 0.15) is 21.8 Å². The summed E-state index contributed by atoms with van der Waals surface area (Å²) in [5.41, 5.74) is 6.61. The smallest absolute Gasteiger partial charge is 0.146 e. The number of imidazole rings is 1. The third-order valence-electron chi connectivity index (χ3n) is 10.6. The van der Waals surface area contributed by atoms with Crippen molar-refractivity contribution in [1.29, 1.82) is 0 Å². The van der Waals surface area contributed by atoms with Crippen molar-refractivity contribution in [3.8, 4) is 11.4 Å². The highest BCUT2D eigenvalue weighted by atomic mass is 32.1. The summed E-state index contributed by atoms with van der Waals surface area (Å²) in [5, 5.41) is 23.6. The highest BCUT2D eigenvalue weighted by Gasteiger charge is 2.34. The van der Waals surface area contributed by atoms with Crippen LogP contribution in [0.2, 0.25) is 0 Å². The first-order valence-electron chi connectivity index (χ1n) is 17.4. The van der Waals surface area contributed by atoms with Gasteiger partial charge in [0, 0.05) is 71.3 Å². The van der Waals surface area contributed by atoms with Crippen molar-refractivity contribution in [1.82, 2.24) is 49.4 Å². The zero-order chi connectivity index (χ0) is 33.7. The van der Waals surface area contributed by atoms with Gasteiger partial charge in [0.15, 0.2) is 0 Å². The van der Waals surface area contributed by atoms with Gasteiger partial charge >= 0.3 is 0 Å². The topological polar surface area (TPSA) is 94.8 Å². The molecule has 0 spiro atoms. The molecule has 8 aromatic rings. The van der Waals surface area contributed by atoms with Gasteiger partial charge in [-0.1, -0.05) is 0 Å². The molecule has 2 saturated heterocycles. The van der Waals surface area contributed by atoms with Gasteiger partial charge in [-0.25, -0.2) is 18.7 Å². The monoisotopic (exact) mass is 704 g/mol. The molecule has 9 heterocycles. The van der Waals surface area contributed by atoms with Crippen molar-refractivity contribution in [2.45, 2.75) is 63.5 Å². The molecular weight excluding hydrogens is 668 g/mol. The molecule has 2 fully saturated rings. The third kappa shape index (κ3) is 5.17. The number of piperidine rings is 2. The van der Waals surface area contributed by atoms with Crippen molar-refractivity contribution in [3.63, 3.8) is 0 Å². The summed E-state index contributed by atoms with van der Waals surface area (Å²) < 4.78 is 23.6. The van der Waals surface area contributed by atoms with Crippen molar-refractivity contribution in [2.75, 3.05) is 13.1 Å². The van der Waals surface area contributed by atoms with E-state index in [4.69, 9.17) is 10.2 Å². The van der Waals surface area contributed by atoms with Crippen LogP contribution < -0.4 is 10.6 Å². The number of benzene rings is 1. The highest BCUT2D eigenvalue weighted by molar-refractivity contribution is 7.19. The standard InChI is InChI=1S/C37H37FN10S2/c1-20-8-26(17-46-15-21(2)41-36(20)46)48-19-35-32(43-48)14-34(49-35)23-5-7-40-31(10-23)30-9-22(4-6-39-30)33-11-24-16-47(44-37(24)50-33)25-12-28(38)27-18-45(3)42-29(27)13-25/h8,11-19,22-23,30-31,39-40H,4-7,9-10H2,1-3H3. The summed E-state index contributed by atoms with van der Waals surface area (Å²) in [5.74, 6) is 0.749. The van der Waals surface area contributed by atoms with Gasteiger partial charge in [-0.05, 0) is 94.3 Å². The predicted molar refractivity (Wildman–Crippen MR) is 198 cm³/mol. The minimum Gasteiger partial charge on any atom is -0.312 e. The van der Waals surface area contributed by atoms with Gasteiger partial charge in [0.25, 0.3) is 0 Å². The van der Waals surface area contributed by atoms with Crippen LogP contribution in [-0.2, 0) is 7.05 Å². The molecule has 0 amide bonds. The molecule has 1 aromatic carbocycles. The Balaban J connectivity index is 0.835. The number of nitrogens with zero attached hydrogens (tertiary/aromatic N) is 8. The lowest BCUT2D eigenvalue weighted by Crippen LogP contribution is -2.53. The van der Waals surface area contributed by atoms with Crippen molar-refractivity contribution in [2.24, 2.45) is 7.05 Å². The van der Waals surface area contributed by atoms with Crippen LogP contribution in [0.1, 0.15) is 58.5 Å². The molecule has 2 aliphatic rings. The SMILES string of the molecule is Cc1cn2cc(-n3cc4sc(C5CCNC(C6CC(c7cc8cn(-c9cc(F)c%10cn(C)nc%10c9)nc8s7)CCN6)C5)cc4n3)cc(C)c2n1. The molecule has 254 valence electrons. The zero-order valence-electron chi connectivity index (χ0n) is 28.1. The van der Waals surface area contributed by atoms with E-state index in [-0.39, 0.29) is 5.82 Å². The summed E-state index contributed by atoms with van der Waals surface area (Å²) in [7, 11) is 1.81. The Labute approximate surface area is 295 Å². The van der Waals surface area contributed by atoms with E-state index < -0.39 is 0 Å². The van der Waals surface area contributed by atoms with E-state index in [9.17, 15) is 4.39 Å². The fourth-order valence-corrected chi connectivity index (χ4v) is 10.5. The van der Waals surface area contributed by atoms with Gasteiger partial charge in [0.05, 0.1) is 32.7 Å². The molecule has 10 nitrogen and oxygen atoms in total. The molecule has 50 heavy (non-hydrogen) atoms. The van der Waals surface area contributed by atoms with E-state index in [1.807, 2.05) is 42.3 Å². The molecule has 0 bridgehead atoms. The van der Waals surface area contributed by atoms with Crippen LogP contribution in [0, 0.1) is 19.7 Å². The van der Waals surface area contributed by atoms with Crippen LogP contribution in [0.3, 0.4) is 0 Å². The molecule has 10 rings (SSSR count). The Hall–Kier alpha value is -4.43. The number of pyridine rings is 1. The summed E-state index contributed by atoms with van der Waals surface area (Å²) in [4.78, 5) is 8.48. The van der Waals surface area contributed by atoms with Gasteiger partial charge < -0.3 is 15.0 Å². The summed E-state index contributed by atoms with van der Waals surface area (Å²) in [6.07, 6.45) is 14.6. The molecule has 7 aromatic heterocycles. The number of hydrogen-bond donors (Lipinski definition) is 2. The lowest BCUT2D eigenvalue weighted by atomic mass is 9.81. The lowest BCUT2D eigenvalue weighted by molar-refractivity contribution is 0.245. The van der Waals surface area contributed by atoms with E-state index in [1.54, 1.807) is 33.0 Å². The molecular formula is C37H37FN10S2. The number of nitrogens with one attached hydrogen (secondary N) is 2. The summed E-state index contributed by atoms with van der Waals surface area (Å²) >= 11 is 3.68. The minimum absolute atomic E-state index is 0.280. The van der Waals surface area contributed by atoms with Crippen molar-refractivity contribution >= 4 is 59.7 Å². The lowest BCUT2D eigenvalue weighted by Gasteiger charge is -2.40. The van der Waals surface area contributed by atoms with E-state index in [0.717, 1.165) is 77.1 Å². The van der Waals surface area contributed by atoms with E-state index in [2.05, 4.69) is 68.8 Å². The fourth-order valence-electron chi connectivity index (χ4n) is 8.20. The molecule has 13 heteroatoms. The van der Waals surface area contributed by atoms with Gasteiger partial charge in [-0.2, -0.15) is 15.3 Å². The van der Waals surface area contributed by atoms with E-state index in [1.165, 1.54) is 14.5 Å².